The van der Waals surface area contributed by atoms with Crippen LogP contribution >= 0.6 is 46.1 Å². The number of halogens is 4. The Morgan fingerprint density at radius 2 is 1.97 bits per heavy atom. The Morgan fingerprint density at radius 3 is 2.60 bits per heavy atom. The lowest BCUT2D eigenvalue weighted by Gasteiger charge is -2.36. The van der Waals surface area contributed by atoms with Gasteiger partial charge in [-0.2, -0.15) is 0 Å². The Balaban J connectivity index is 1.57. The number of nitrogens with one attached hydrogen (secondary N) is 2. The molecule has 0 saturated heterocycles. The lowest BCUT2D eigenvalue weighted by Crippen LogP contribution is -2.46. The fourth-order valence-corrected chi connectivity index (χ4v) is 7.17. The summed E-state index contributed by atoms with van der Waals surface area (Å²) in [6.45, 7) is 0. The van der Waals surface area contributed by atoms with Crippen LogP contribution in [0.1, 0.15) is 12.8 Å². The van der Waals surface area contributed by atoms with Crippen molar-refractivity contribution in [1.29, 1.82) is 0 Å². The maximum Gasteiger partial charge on any atom is 0.266 e. The first kappa shape index (κ1) is 22.4. The third-order valence-electron chi connectivity index (χ3n) is 5.80. The van der Waals surface area contributed by atoms with Gasteiger partial charge in [-0.25, -0.2) is 17.8 Å². The molecular formula is C18H20Cl3FN4O2S2. The summed E-state index contributed by atoms with van der Waals surface area (Å²) in [5.74, 6) is -0.500. The van der Waals surface area contributed by atoms with Crippen LogP contribution in [-0.2, 0) is 10.0 Å². The number of sulfonamides is 1. The van der Waals surface area contributed by atoms with Gasteiger partial charge in [0.1, 0.15) is 15.0 Å². The van der Waals surface area contributed by atoms with Crippen LogP contribution in [0.3, 0.4) is 0 Å². The van der Waals surface area contributed by atoms with E-state index in [9.17, 15) is 12.8 Å². The summed E-state index contributed by atoms with van der Waals surface area (Å²) < 4.78 is 41.4. The molecule has 2 aromatic rings. The van der Waals surface area contributed by atoms with Crippen molar-refractivity contribution >= 4 is 67.0 Å². The minimum absolute atomic E-state index is 0.0616. The molecule has 2 N–H and O–H groups in total. The highest BCUT2D eigenvalue weighted by Gasteiger charge is 2.66. The number of aromatic nitrogens is 1. The number of alkyl halides is 2. The molecule has 12 heteroatoms. The second-order valence-corrected chi connectivity index (χ2v) is 12.2. The Kier molecular flexibility index (Phi) is 5.91. The van der Waals surface area contributed by atoms with Crippen LogP contribution in [0, 0.1) is 17.7 Å². The molecule has 1 unspecified atom stereocenters. The molecule has 2 fully saturated rings. The van der Waals surface area contributed by atoms with Crippen molar-refractivity contribution < 1.29 is 12.8 Å². The number of rotatable bonds is 6. The lowest BCUT2D eigenvalue weighted by atomic mass is 9.89. The summed E-state index contributed by atoms with van der Waals surface area (Å²) in [7, 11) is -0.227. The van der Waals surface area contributed by atoms with Crippen LogP contribution in [0.25, 0.3) is 0 Å². The second-order valence-electron chi connectivity index (χ2n) is 7.85. The van der Waals surface area contributed by atoms with Gasteiger partial charge in [0.25, 0.3) is 10.0 Å². The normalized spacial score (nSPS) is 27.6. The van der Waals surface area contributed by atoms with Gasteiger partial charge >= 0.3 is 0 Å². The van der Waals surface area contributed by atoms with Crippen LogP contribution in [0.15, 0.2) is 28.6 Å². The van der Waals surface area contributed by atoms with Crippen molar-refractivity contribution in [1.82, 2.24) is 9.88 Å². The van der Waals surface area contributed by atoms with Crippen LogP contribution < -0.4 is 10.0 Å². The molecule has 1 heterocycles. The lowest BCUT2D eigenvalue weighted by molar-refractivity contribution is 0.204. The first-order valence-corrected chi connectivity index (χ1v) is 12.7. The molecule has 4 atom stereocenters. The zero-order valence-electron chi connectivity index (χ0n) is 16.1. The standard InChI is InChI=1S/C18H20Cl3FN4O2S2/c1-26(2)15-6-10-9(18(10,20)21)5-14(15)24-13-8-12(22)16(7-11(13)19)30(27,28)25-17-23-3-4-29-17/h3-4,7-10,14-15,24H,5-6H2,1-2H3,(H,23,25)/t9?,10-,14+,15+/m0/s1. The Hall–Kier alpha value is -0.840. The Labute approximate surface area is 193 Å². The average Bonchev–Trinajstić information content (AvgIpc) is 2.97. The largest absolute Gasteiger partial charge is 0.379 e. The summed E-state index contributed by atoms with van der Waals surface area (Å²) in [5.41, 5.74) is 0.327. The SMILES string of the molecule is CN(C)[C@@H]1C[C@H]2C(C[C@H]1Nc1cc(F)c(S(=O)(=O)Nc3nccs3)cc1Cl)C2(Cl)Cl. The molecule has 0 radical (unpaired) electrons. The third-order valence-corrected chi connectivity index (χ3v) is 9.41. The third kappa shape index (κ3) is 4.12. The topological polar surface area (TPSA) is 74.3 Å². The highest BCUT2D eigenvalue weighted by molar-refractivity contribution is 7.93. The Morgan fingerprint density at radius 1 is 1.27 bits per heavy atom. The van der Waals surface area contributed by atoms with Crippen LogP contribution in [0.4, 0.5) is 15.2 Å². The minimum Gasteiger partial charge on any atom is -0.379 e. The molecule has 1 aromatic carbocycles. The van der Waals surface area contributed by atoms with Crippen LogP contribution in [0.2, 0.25) is 5.02 Å². The number of hydrogen-bond acceptors (Lipinski definition) is 6. The quantitative estimate of drug-likeness (QED) is 0.550. The predicted molar refractivity (Wildman–Crippen MR) is 120 cm³/mol. The van der Waals surface area contributed by atoms with Gasteiger partial charge in [-0.3, -0.25) is 4.72 Å². The number of benzene rings is 1. The van der Waals surface area contributed by atoms with Crippen molar-refractivity contribution in [2.75, 3.05) is 24.1 Å². The van der Waals surface area contributed by atoms with E-state index in [4.69, 9.17) is 34.8 Å². The number of likely N-dealkylation sites (N-methyl/N-ethyl adjacent to an activating group) is 1. The number of anilines is 2. The van der Waals surface area contributed by atoms with Gasteiger partial charge in [0, 0.05) is 23.7 Å². The monoisotopic (exact) mass is 512 g/mol. The molecule has 6 nitrogen and oxygen atoms in total. The van der Waals surface area contributed by atoms with Gasteiger partial charge < -0.3 is 10.2 Å². The molecule has 0 bridgehead atoms. The van der Waals surface area contributed by atoms with Crippen LogP contribution in [0.5, 0.6) is 0 Å². The Bertz CT molecular complexity index is 1050. The highest BCUT2D eigenvalue weighted by atomic mass is 35.5. The predicted octanol–water partition coefficient (Wildman–Crippen LogP) is 4.66. The summed E-state index contributed by atoms with van der Waals surface area (Å²) >= 11 is 20.2. The van der Waals surface area contributed by atoms with E-state index in [-0.39, 0.29) is 34.1 Å². The maximum atomic E-state index is 14.8. The molecule has 0 amide bonds. The zero-order valence-corrected chi connectivity index (χ0v) is 20.0. The van der Waals surface area contributed by atoms with Crippen LogP contribution in [-0.4, -0.2) is 48.8 Å². The minimum atomic E-state index is -4.16. The molecule has 164 valence electrons. The number of thiazole rings is 1. The smallest absolute Gasteiger partial charge is 0.266 e. The van der Waals surface area contributed by atoms with Gasteiger partial charge in [-0.1, -0.05) is 11.6 Å². The molecule has 0 spiro atoms. The molecule has 0 aliphatic heterocycles. The van der Waals surface area contributed by atoms with Gasteiger partial charge in [0.15, 0.2) is 5.13 Å². The summed E-state index contributed by atoms with van der Waals surface area (Å²) in [6.07, 6.45) is 2.97. The van der Waals surface area contributed by atoms with Gasteiger partial charge in [-0.05, 0) is 50.9 Å². The van der Waals surface area contributed by atoms with Gasteiger partial charge in [0.2, 0.25) is 0 Å². The van der Waals surface area contributed by atoms with Gasteiger partial charge in [0.05, 0.1) is 10.7 Å². The zero-order chi connectivity index (χ0) is 21.8. The number of hydrogen-bond donors (Lipinski definition) is 2. The number of nitrogens with zero attached hydrogens (tertiary/aromatic N) is 2. The molecule has 4 rings (SSSR count). The summed E-state index contributed by atoms with van der Waals surface area (Å²) in [5, 5.41) is 5.15. The first-order valence-electron chi connectivity index (χ1n) is 9.23. The molecule has 30 heavy (non-hydrogen) atoms. The van der Waals surface area contributed by atoms with Crippen molar-refractivity contribution in [2.45, 2.75) is 34.2 Å². The maximum absolute atomic E-state index is 14.8. The molecule has 2 saturated carbocycles. The fraction of sp³-hybridized carbons (Fsp3) is 0.500. The van der Waals surface area contributed by atoms with E-state index in [1.807, 2.05) is 14.1 Å². The van der Waals surface area contributed by atoms with Crippen molar-refractivity contribution in [3.05, 3.63) is 34.5 Å². The van der Waals surface area contributed by atoms with E-state index in [2.05, 4.69) is 19.9 Å². The fourth-order valence-electron chi connectivity index (χ4n) is 4.17. The summed E-state index contributed by atoms with van der Waals surface area (Å²) in [6, 6.07) is 2.28. The average molecular weight is 514 g/mol. The molecule has 2 aliphatic rings. The van der Waals surface area contributed by atoms with E-state index in [1.165, 1.54) is 6.20 Å². The van der Waals surface area contributed by atoms with Crippen molar-refractivity contribution in [3.63, 3.8) is 0 Å². The molecular weight excluding hydrogens is 494 g/mol. The van der Waals surface area contributed by atoms with E-state index < -0.39 is 25.1 Å². The van der Waals surface area contributed by atoms with E-state index in [0.717, 1.165) is 29.9 Å². The van der Waals surface area contributed by atoms with E-state index in [0.29, 0.717) is 12.1 Å². The van der Waals surface area contributed by atoms with Crippen molar-refractivity contribution in [3.8, 4) is 0 Å². The highest BCUT2D eigenvalue weighted by Crippen LogP contribution is 2.65. The molecule has 1 aromatic heterocycles. The molecule has 2 aliphatic carbocycles. The van der Waals surface area contributed by atoms with Crippen molar-refractivity contribution in [2.24, 2.45) is 11.8 Å². The second kappa shape index (κ2) is 7.94. The number of fused-ring (bicyclic) bond motifs is 1. The van der Waals surface area contributed by atoms with E-state index >= 15 is 0 Å². The van der Waals surface area contributed by atoms with Gasteiger partial charge in [-0.15, -0.1) is 34.5 Å². The summed E-state index contributed by atoms with van der Waals surface area (Å²) in [4.78, 5) is 5.40. The van der Waals surface area contributed by atoms with E-state index in [1.54, 1.807) is 5.38 Å². The first-order chi connectivity index (χ1) is 14.0.